The monoisotopic (exact) mass is 234 g/mol. The van der Waals surface area contributed by atoms with Gasteiger partial charge in [-0.2, -0.15) is 0 Å². The molecule has 0 aliphatic rings. The number of aryl methyl sites for hydroxylation is 1. The fraction of sp³-hybridized carbons (Fsp3) is 0.667. The molecule has 2 heteroatoms. The molecule has 0 amide bonds. The predicted octanol–water partition coefficient (Wildman–Crippen LogP) is 4.01. The molecule has 0 fully saturated rings. The highest BCUT2D eigenvalue weighted by molar-refractivity contribution is 5.17. The second-order valence-corrected chi connectivity index (χ2v) is 4.69. The minimum atomic E-state index is 0.477. The number of pyridine rings is 1. The van der Waals surface area contributed by atoms with Crippen LogP contribution in [0.1, 0.15) is 63.3 Å². The van der Waals surface area contributed by atoms with E-state index in [0.717, 1.165) is 12.2 Å². The lowest BCUT2D eigenvalue weighted by atomic mass is 10.0. The lowest BCUT2D eigenvalue weighted by molar-refractivity contribution is 0.480. The molecule has 0 saturated heterocycles. The lowest BCUT2D eigenvalue weighted by Crippen LogP contribution is -2.21. The highest BCUT2D eigenvalue weighted by Gasteiger charge is 2.09. The van der Waals surface area contributed by atoms with Gasteiger partial charge in [-0.25, -0.2) is 0 Å². The summed E-state index contributed by atoms with van der Waals surface area (Å²) in [5.74, 6) is 0. The van der Waals surface area contributed by atoms with E-state index < -0.39 is 0 Å². The summed E-state index contributed by atoms with van der Waals surface area (Å²) in [5.41, 5.74) is 2.42. The van der Waals surface area contributed by atoms with Crippen molar-refractivity contribution in [3.05, 3.63) is 29.6 Å². The first-order valence-electron chi connectivity index (χ1n) is 6.93. The third-order valence-corrected chi connectivity index (χ3v) is 3.13. The van der Waals surface area contributed by atoms with Crippen molar-refractivity contribution in [3.63, 3.8) is 0 Å². The Kier molecular flexibility index (Phi) is 6.87. The molecule has 1 N–H and O–H groups in total. The number of hydrogen-bond acceptors (Lipinski definition) is 2. The first-order chi connectivity index (χ1) is 8.27. The Bertz CT molecular complexity index is 292. The second kappa shape index (κ2) is 8.24. The topological polar surface area (TPSA) is 24.9 Å². The van der Waals surface area contributed by atoms with Crippen LogP contribution in [0.2, 0.25) is 0 Å². The summed E-state index contributed by atoms with van der Waals surface area (Å²) in [6.07, 6.45) is 8.54. The molecule has 96 valence electrons. The Labute approximate surface area is 106 Å². The van der Waals surface area contributed by atoms with Gasteiger partial charge in [0, 0.05) is 17.9 Å². The van der Waals surface area contributed by atoms with Gasteiger partial charge in [0.2, 0.25) is 0 Å². The summed E-state index contributed by atoms with van der Waals surface area (Å²) in [5, 5.41) is 3.56. The van der Waals surface area contributed by atoms with Crippen LogP contribution in [0.4, 0.5) is 0 Å². The van der Waals surface area contributed by atoms with E-state index in [1.165, 1.54) is 37.7 Å². The van der Waals surface area contributed by atoms with Crippen LogP contribution in [0.25, 0.3) is 0 Å². The largest absolute Gasteiger partial charge is 0.310 e. The molecule has 1 aromatic rings. The third-order valence-electron chi connectivity index (χ3n) is 3.13. The maximum atomic E-state index is 4.39. The Balaban J connectivity index is 2.49. The summed E-state index contributed by atoms with van der Waals surface area (Å²) in [4.78, 5) is 4.39. The summed E-state index contributed by atoms with van der Waals surface area (Å²) < 4.78 is 0. The summed E-state index contributed by atoms with van der Waals surface area (Å²) >= 11 is 0. The van der Waals surface area contributed by atoms with E-state index in [0.29, 0.717) is 6.04 Å². The molecule has 0 aliphatic heterocycles. The van der Waals surface area contributed by atoms with Crippen molar-refractivity contribution < 1.29 is 0 Å². The minimum Gasteiger partial charge on any atom is -0.310 e. The number of hydrogen-bond donors (Lipinski definition) is 1. The Morgan fingerprint density at radius 3 is 2.59 bits per heavy atom. The van der Waals surface area contributed by atoms with E-state index in [1.807, 2.05) is 13.1 Å². The van der Waals surface area contributed by atoms with E-state index in [-0.39, 0.29) is 0 Å². The van der Waals surface area contributed by atoms with Crippen molar-refractivity contribution in [2.24, 2.45) is 0 Å². The third kappa shape index (κ3) is 5.31. The first kappa shape index (κ1) is 14.2. The molecule has 0 saturated carbocycles. The van der Waals surface area contributed by atoms with Gasteiger partial charge in [-0.05, 0) is 31.5 Å². The van der Waals surface area contributed by atoms with Gasteiger partial charge in [0.1, 0.15) is 0 Å². The van der Waals surface area contributed by atoms with E-state index >= 15 is 0 Å². The van der Waals surface area contributed by atoms with Crippen LogP contribution in [0.3, 0.4) is 0 Å². The Morgan fingerprint density at radius 2 is 2.00 bits per heavy atom. The maximum Gasteiger partial charge on any atom is 0.0372 e. The van der Waals surface area contributed by atoms with Crippen LogP contribution >= 0.6 is 0 Å². The highest BCUT2D eigenvalue weighted by atomic mass is 14.9. The predicted molar refractivity (Wildman–Crippen MR) is 74.2 cm³/mol. The number of rotatable bonds is 8. The minimum absolute atomic E-state index is 0.477. The Hall–Kier alpha value is -0.890. The summed E-state index contributed by atoms with van der Waals surface area (Å²) in [7, 11) is 0. The number of unbranched alkanes of at least 4 members (excludes halogenated alkanes) is 3. The molecule has 1 unspecified atom stereocenters. The van der Waals surface area contributed by atoms with Crippen molar-refractivity contribution in [3.8, 4) is 0 Å². The van der Waals surface area contributed by atoms with Crippen LogP contribution in [0.5, 0.6) is 0 Å². The smallest absolute Gasteiger partial charge is 0.0372 e. The first-order valence-corrected chi connectivity index (χ1v) is 6.93. The van der Waals surface area contributed by atoms with Crippen LogP contribution in [-0.2, 0) is 0 Å². The SMILES string of the molecule is CCCCCCC(NCC)c1ccc(C)nc1. The van der Waals surface area contributed by atoms with Crippen molar-refractivity contribution in [2.45, 2.75) is 58.9 Å². The van der Waals surface area contributed by atoms with E-state index in [9.17, 15) is 0 Å². The second-order valence-electron chi connectivity index (χ2n) is 4.69. The molecule has 2 nitrogen and oxygen atoms in total. The zero-order chi connectivity index (χ0) is 12.5. The van der Waals surface area contributed by atoms with Crippen molar-refractivity contribution >= 4 is 0 Å². The van der Waals surface area contributed by atoms with Gasteiger partial charge < -0.3 is 5.32 Å². The molecule has 0 aliphatic carbocycles. The van der Waals surface area contributed by atoms with Gasteiger partial charge in [-0.1, -0.05) is 45.6 Å². The fourth-order valence-corrected chi connectivity index (χ4v) is 2.09. The van der Waals surface area contributed by atoms with Gasteiger partial charge in [-0.15, -0.1) is 0 Å². The van der Waals surface area contributed by atoms with Crippen molar-refractivity contribution in [1.82, 2.24) is 10.3 Å². The highest BCUT2D eigenvalue weighted by Crippen LogP contribution is 2.19. The molecule has 0 aromatic carbocycles. The van der Waals surface area contributed by atoms with Gasteiger partial charge in [0.15, 0.2) is 0 Å². The molecule has 1 rings (SSSR count). The van der Waals surface area contributed by atoms with Crippen LogP contribution in [0.15, 0.2) is 18.3 Å². The molecule has 17 heavy (non-hydrogen) atoms. The molecule has 1 heterocycles. The van der Waals surface area contributed by atoms with E-state index in [2.05, 4.69) is 36.3 Å². The molecular formula is C15H26N2. The van der Waals surface area contributed by atoms with Crippen molar-refractivity contribution in [1.29, 1.82) is 0 Å². The quantitative estimate of drug-likeness (QED) is 0.687. The van der Waals surface area contributed by atoms with Crippen LogP contribution in [-0.4, -0.2) is 11.5 Å². The molecule has 1 aromatic heterocycles. The zero-order valence-electron chi connectivity index (χ0n) is 11.5. The number of nitrogens with zero attached hydrogens (tertiary/aromatic N) is 1. The van der Waals surface area contributed by atoms with Gasteiger partial charge >= 0.3 is 0 Å². The van der Waals surface area contributed by atoms with Gasteiger partial charge in [0.25, 0.3) is 0 Å². The fourth-order valence-electron chi connectivity index (χ4n) is 2.09. The number of aromatic nitrogens is 1. The average molecular weight is 234 g/mol. The molecule has 0 radical (unpaired) electrons. The summed E-state index contributed by atoms with van der Waals surface area (Å²) in [6, 6.07) is 4.78. The molecule has 0 spiro atoms. The lowest BCUT2D eigenvalue weighted by Gasteiger charge is -2.18. The zero-order valence-corrected chi connectivity index (χ0v) is 11.5. The van der Waals surface area contributed by atoms with Crippen LogP contribution in [0, 0.1) is 6.92 Å². The number of nitrogens with one attached hydrogen (secondary N) is 1. The summed E-state index contributed by atoms with van der Waals surface area (Å²) in [6.45, 7) is 7.48. The maximum absolute atomic E-state index is 4.39. The van der Waals surface area contributed by atoms with E-state index in [4.69, 9.17) is 0 Å². The van der Waals surface area contributed by atoms with Crippen LogP contribution < -0.4 is 5.32 Å². The average Bonchev–Trinajstić information content (AvgIpc) is 2.34. The standard InChI is InChI=1S/C15H26N2/c1-4-6-7-8-9-15(16-5-2)14-11-10-13(3)17-12-14/h10-12,15-16H,4-9H2,1-3H3. The van der Waals surface area contributed by atoms with Gasteiger partial charge in [0.05, 0.1) is 0 Å². The van der Waals surface area contributed by atoms with E-state index in [1.54, 1.807) is 0 Å². The molecule has 1 atom stereocenters. The Morgan fingerprint density at radius 1 is 1.18 bits per heavy atom. The van der Waals surface area contributed by atoms with Crippen molar-refractivity contribution in [2.75, 3.05) is 6.54 Å². The normalized spacial score (nSPS) is 12.6. The van der Waals surface area contributed by atoms with Gasteiger partial charge in [-0.3, -0.25) is 4.98 Å². The molecule has 0 bridgehead atoms. The molecular weight excluding hydrogens is 208 g/mol.